The van der Waals surface area contributed by atoms with Crippen molar-refractivity contribution in [3.8, 4) is 11.4 Å². The summed E-state index contributed by atoms with van der Waals surface area (Å²) in [5.74, 6) is -0.402. The molecule has 8 heteroatoms. The molecule has 0 aliphatic heterocycles. The lowest BCUT2D eigenvalue weighted by Gasteiger charge is -2.00. The summed E-state index contributed by atoms with van der Waals surface area (Å²) in [6, 6.07) is 9.98. The van der Waals surface area contributed by atoms with Crippen LogP contribution in [-0.4, -0.2) is 37.1 Å². The van der Waals surface area contributed by atoms with Crippen LogP contribution in [0.4, 0.5) is 0 Å². The summed E-state index contributed by atoms with van der Waals surface area (Å²) in [6.45, 7) is 0. The number of hydrogen-bond donors (Lipinski definition) is 2. The zero-order chi connectivity index (χ0) is 16.2. The minimum Gasteiger partial charge on any atom is -0.478 e. The second-order valence-corrected chi connectivity index (χ2v) is 4.96. The Morgan fingerprint density at radius 3 is 2.57 bits per heavy atom. The molecule has 2 N–H and O–H groups in total. The molecule has 0 bridgehead atoms. The lowest BCUT2D eigenvalue weighted by Crippen LogP contribution is -1.97. The molecule has 3 rings (SSSR count). The van der Waals surface area contributed by atoms with Gasteiger partial charge in [0, 0.05) is 18.0 Å². The first kappa shape index (κ1) is 14.8. The van der Waals surface area contributed by atoms with Gasteiger partial charge in [-0.15, -0.1) is 0 Å². The van der Waals surface area contributed by atoms with E-state index in [2.05, 4.69) is 20.3 Å². The zero-order valence-corrected chi connectivity index (χ0v) is 12.6. The SMILES string of the molecule is O=C(O)c1ccc(/C=N\n2c(-c3ccncc3)n[nH]c2=S)cc1. The normalized spacial score (nSPS) is 11.0. The van der Waals surface area contributed by atoms with Gasteiger partial charge in [0.25, 0.3) is 0 Å². The Balaban J connectivity index is 1.93. The van der Waals surface area contributed by atoms with Crippen molar-refractivity contribution in [2.45, 2.75) is 0 Å². The van der Waals surface area contributed by atoms with Crippen LogP contribution in [0, 0.1) is 4.77 Å². The van der Waals surface area contributed by atoms with Gasteiger partial charge < -0.3 is 5.11 Å². The summed E-state index contributed by atoms with van der Waals surface area (Å²) in [4.78, 5) is 14.8. The molecule has 0 unspecified atom stereocenters. The molecule has 0 fully saturated rings. The Morgan fingerprint density at radius 2 is 1.91 bits per heavy atom. The number of carboxylic acid groups (broad SMARTS) is 1. The number of nitrogens with zero attached hydrogens (tertiary/aromatic N) is 4. The van der Waals surface area contributed by atoms with Gasteiger partial charge in [-0.1, -0.05) is 12.1 Å². The molecular formula is C15H11N5O2S. The smallest absolute Gasteiger partial charge is 0.335 e. The Labute approximate surface area is 136 Å². The molecule has 7 nitrogen and oxygen atoms in total. The highest BCUT2D eigenvalue weighted by molar-refractivity contribution is 7.71. The predicted octanol–water partition coefficient (Wildman–Crippen LogP) is 2.58. The molecule has 0 aliphatic carbocycles. The van der Waals surface area contributed by atoms with Gasteiger partial charge in [0.15, 0.2) is 5.82 Å². The number of benzene rings is 1. The zero-order valence-electron chi connectivity index (χ0n) is 11.7. The van der Waals surface area contributed by atoms with Crippen LogP contribution in [0.3, 0.4) is 0 Å². The van der Waals surface area contributed by atoms with E-state index in [9.17, 15) is 4.79 Å². The van der Waals surface area contributed by atoms with E-state index in [1.807, 2.05) is 0 Å². The maximum atomic E-state index is 10.8. The van der Waals surface area contributed by atoms with E-state index >= 15 is 0 Å². The molecule has 0 aliphatic rings. The Bertz CT molecular complexity index is 913. The fourth-order valence-corrected chi connectivity index (χ4v) is 2.10. The molecule has 0 saturated carbocycles. The highest BCUT2D eigenvalue weighted by Crippen LogP contribution is 2.15. The van der Waals surface area contributed by atoms with Gasteiger partial charge in [-0.2, -0.15) is 14.9 Å². The van der Waals surface area contributed by atoms with E-state index in [-0.39, 0.29) is 5.56 Å². The highest BCUT2D eigenvalue weighted by Gasteiger charge is 2.07. The third-order valence-corrected chi connectivity index (χ3v) is 3.33. The van der Waals surface area contributed by atoms with Gasteiger partial charge in [-0.25, -0.2) is 9.89 Å². The minimum absolute atomic E-state index is 0.222. The number of aromatic nitrogens is 4. The monoisotopic (exact) mass is 325 g/mol. The molecule has 0 spiro atoms. The van der Waals surface area contributed by atoms with Crippen molar-refractivity contribution in [2.75, 3.05) is 0 Å². The van der Waals surface area contributed by atoms with Crippen molar-refractivity contribution in [3.05, 3.63) is 64.7 Å². The number of rotatable bonds is 4. The minimum atomic E-state index is -0.967. The highest BCUT2D eigenvalue weighted by atomic mass is 32.1. The van der Waals surface area contributed by atoms with Crippen LogP contribution in [0.25, 0.3) is 11.4 Å². The number of aromatic amines is 1. The van der Waals surface area contributed by atoms with Gasteiger partial charge in [0.1, 0.15) is 0 Å². The van der Waals surface area contributed by atoms with Crippen LogP contribution in [-0.2, 0) is 0 Å². The summed E-state index contributed by atoms with van der Waals surface area (Å²) >= 11 is 5.18. The average molecular weight is 325 g/mol. The second kappa shape index (κ2) is 6.32. The lowest BCUT2D eigenvalue weighted by molar-refractivity contribution is 0.0697. The molecule has 0 radical (unpaired) electrons. The van der Waals surface area contributed by atoms with E-state index in [4.69, 9.17) is 17.3 Å². The number of pyridine rings is 1. The molecule has 2 aromatic heterocycles. The van der Waals surface area contributed by atoms with Crippen LogP contribution in [0.15, 0.2) is 53.9 Å². The molecule has 0 saturated heterocycles. The van der Waals surface area contributed by atoms with E-state index in [0.717, 1.165) is 11.1 Å². The standard InChI is InChI=1S/C15H11N5O2S/c21-14(22)12-3-1-10(2-4-12)9-17-20-13(18-19-15(20)23)11-5-7-16-8-6-11/h1-9H,(H,19,23)(H,21,22)/b17-9-. The fraction of sp³-hybridized carbons (Fsp3) is 0. The lowest BCUT2D eigenvalue weighted by atomic mass is 10.1. The second-order valence-electron chi connectivity index (χ2n) is 4.57. The maximum absolute atomic E-state index is 10.8. The summed E-state index contributed by atoms with van der Waals surface area (Å²) in [5, 5.41) is 20.1. The summed E-state index contributed by atoms with van der Waals surface area (Å²) in [7, 11) is 0. The van der Waals surface area contributed by atoms with Crippen molar-refractivity contribution in [1.29, 1.82) is 0 Å². The van der Waals surface area contributed by atoms with Crippen molar-refractivity contribution in [3.63, 3.8) is 0 Å². The quantitative estimate of drug-likeness (QED) is 0.568. The molecule has 0 atom stereocenters. The van der Waals surface area contributed by atoms with Crippen LogP contribution >= 0.6 is 12.2 Å². The molecule has 1 aromatic carbocycles. The molecule has 2 heterocycles. The van der Waals surface area contributed by atoms with Crippen molar-refractivity contribution >= 4 is 24.4 Å². The van der Waals surface area contributed by atoms with Crippen LogP contribution in [0.5, 0.6) is 0 Å². The van der Waals surface area contributed by atoms with Gasteiger partial charge in [-0.3, -0.25) is 4.98 Å². The maximum Gasteiger partial charge on any atom is 0.335 e. The van der Waals surface area contributed by atoms with Crippen LogP contribution < -0.4 is 0 Å². The van der Waals surface area contributed by atoms with Gasteiger partial charge in [-0.05, 0) is 42.0 Å². The van der Waals surface area contributed by atoms with Crippen LogP contribution in [0.2, 0.25) is 0 Å². The van der Waals surface area contributed by atoms with E-state index < -0.39 is 5.97 Å². The molecule has 114 valence electrons. The molecular weight excluding hydrogens is 314 g/mol. The largest absolute Gasteiger partial charge is 0.478 e. The number of carbonyl (C=O) groups is 1. The number of hydrogen-bond acceptors (Lipinski definition) is 5. The van der Waals surface area contributed by atoms with Crippen molar-refractivity contribution < 1.29 is 9.90 Å². The third-order valence-electron chi connectivity index (χ3n) is 3.07. The van der Waals surface area contributed by atoms with Crippen molar-refractivity contribution in [2.24, 2.45) is 5.10 Å². The predicted molar refractivity (Wildman–Crippen MR) is 87.0 cm³/mol. The van der Waals surface area contributed by atoms with Gasteiger partial charge >= 0.3 is 5.97 Å². The summed E-state index contributed by atoms with van der Waals surface area (Å²) in [6.07, 6.45) is 4.90. The van der Waals surface area contributed by atoms with E-state index in [1.54, 1.807) is 42.9 Å². The number of nitrogens with one attached hydrogen (secondary N) is 1. The van der Waals surface area contributed by atoms with E-state index in [0.29, 0.717) is 10.6 Å². The van der Waals surface area contributed by atoms with Crippen LogP contribution in [0.1, 0.15) is 15.9 Å². The topological polar surface area (TPSA) is 96.2 Å². The van der Waals surface area contributed by atoms with Gasteiger partial charge in [0.05, 0.1) is 11.8 Å². The third kappa shape index (κ3) is 3.22. The molecule has 3 aromatic rings. The molecule has 0 amide bonds. The number of H-pyrrole nitrogens is 1. The van der Waals surface area contributed by atoms with E-state index in [1.165, 1.54) is 16.8 Å². The average Bonchev–Trinajstić information content (AvgIpc) is 2.95. The molecule has 23 heavy (non-hydrogen) atoms. The number of carboxylic acids is 1. The first-order valence-electron chi connectivity index (χ1n) is 6.60. The first-order chi connectivity index (χ1) is 11.1. The van der Waals surface area contributed by atoms with Crippen molar-refractivity contribution in [1.82, 2.24) is 19.9 Å². The summed E-state index contributed by atoms with van der Waals surface area (Å²) in [5.41, 5.74) is 1.80. The Hall–Kier alpha value is -3.13. The van der Waals surface area contributed by atoms with Gasteiger partial charge in [0.2, 0.25) is 4.77 Å². The fourth-order valence-electron chi connectivity index (χ4n) is 1.92. The Morgan fingerprint density at radius 1 is 1.22 bits per heavy atom. The Kier molecular flexibility index (Phi) is 4.07. The summed E-state index contributed by atoms with van der Waals surface area (Å²) < 4.78 is 1.85. The first-order valence-corrected chi connectivity index (χ1v) is 7.01. The number of aromatic carboxylic acids is 1.